The number of allylic oxidation sites excluding steroid dienone is 3. The molecule has 0 aliphatic rings. The zero-order valence-corrected chi connectivity index (χ0v) is 17.3. The number of rotatable bonds is 3. The molecular formula is C22H42. The smallest absolute Gasteiger partial charge is 0.0185 e. The molecule has 0 bridgehead atoms. The molecule has 0 heterocycles. The van der Waals surface area contributed by atoms with E-state index in [1.165, 1.54) is 22.3 Å². The molecule has 0 amide bonds. The Kier molecular flexibility index (Phi) is 32.3. The van der Waals surface area contributed by atoms with E-state index in [-0.39, 0.29) is 0 Å². The van der Waals surface area contributed by atoms with Crippen LogP contribution in [0, 0.1) is 13.8 Å². The van der Waals surface area contributed by atoms with Gasteiger partial charge < -0.3 is 0 Å². The van der Waals surface area contributed by atoms with Crippen molar-refractivity contribution >= 4 is 5.57 Å². The average molecular weight is 307 g/mol. The normalized spacial score (nSPS) is 8.41. The molecule has 0 radical (unpaired) electrons. The molecule has 0 heteroatoms. The number of hydrogen-bond acceptors (Lipinski definition) is 0. The van der Waals surface area contributed by atoms with Crippen LogP contribution in [0.3, 0.4) is 0 Å². The minimum absolute atomic E-state index is 1.05. The van der Waals surface area contributed by atoms with Crippen LogP contribution in [0.15, 0.2) is 36.9 Å². The Labute approximate surface area is 142 Å². The number of hydrogen-bond donors (Lipinski definition) is 0. The summed E-state index contributed by atoms with van der Waals surface area (Å²) in [7, 11) is 0. The van der Waals surface area contributed by atoms with Crippen molar-refractivity contribution in [2.75, 3.05) is 0 Å². The summed E-state index contributed by atoms with van der Waals surface area (Å²) in [4.78, 5) is 0. The van der Waals surface area contributed by atoms with Gasteiger partial charge in [-0.1, -0.05) is 99.2 Å². The topological polar surface area (TPSA) is 0 Å². The molecule has 0 aliphatic carbocycles. The van der Waals surface area contributed by atoms with Crippen molar-refractivity contribution in [1.29, 1.82) is 0 Å². The van der Waals surface area contributed by atoms with Crippen molar-refractivity contribution in [3.63, 3.8) is 0 Å². The van der Waals surface area contributed by atoms with Gasteiger partial charge in [0, 0.05) is 0 Å². The van der Waals surface area contributed by atoms with Crippen LogP contribution in [0.4, 0.5) is 0 Å². The van der Waals surface area contributed by atoms with Crippen molar-refractivity contribution in [2.24, 2.45) is 0 Å². The fourth-order valence-corrected chi connectivity index (χ4v) is 1.46. The molecule has 0 saturated carbocycles. The molecular weight excluding hydrogens is 264 g/mol. The molecule has 0 spiro atoms. The van der Waals surface area contributed by atoms with Crippen LogP contribution in [0.5, 0.6) is 0 Å². The summed E-state index contributed by atoms with van der Waals surface area (Å²) in [6, 6.07) is 6.54. The van der Waals surface area contributed by atoms with Gasteiger partial charge in [-0.05, 0) is 42.5 Å². The summed E-state index contributed by atoms with van der Waals surface area (Å²) in [5.41, 5.74) is 5.18. The summed E-state index contributed by atoms with van der Waals surface area (Å²) in [5, 5.41) is 0. The van der Waals surface area contributed by atoms with Crippen molar-refractivity contribution in [2.45, 2.75) is 82.6 Å². The van der Waals surface area contributed by atoms with Crippen molar-refractivity contribution < 1.29 is 0 Å². The SMILES string of the molecule is C=C/C(=C\CC)c1ccc(C)c(C)c1.CC.CC.CC.CC. The van der Waals surface area contributed by atoms with E-state index in [1.807, 2.05) is 61.5 Å². The molecule has 130 valence electrons. The van der Waals surface area contributed by atoms with Crippen molar-refractivity contribution in [3.05, 3.63) is 53.6 Å². The zero-order valence-electron chi connectivity index (χ0n) is 17.3. The second-order valence-corrected chi connectivity index (χ2v) is 3.57. The van der Waals surface area contributed by atoms with Gasteiger partial charge >= 0.3 is 0 Å². The Balaban J connectivity index is -0.000000175. The van der Waals surface area contributed by atoms with Gasteiger partial charge in [0.1, 0.15) is 0 Å². The van der Waals surface area contributed by atoms with E-state index in [2.05, 4.69) is 51.6 Å². The van der Waals surface area contributed by atoms with E-state index in [0.29, 0.717) is 0 Å². The first kappa shape index (κ1) is 28.8. The van der Waals surface area contributed by atoms with Gasteiger partial charge in [-0.2, -0.15) is 0 Å². The second kappa shape index (κ2) is 24.7. The molecule has 0 aromatic heterocycles. The van der Waals surface area contributed by atoms with E-state index in [4.69, 9.17) is 0 Å². The standard InChI is InChI=1S/C14H18.4C2H6/c1-5-7-13(6-2)14-9-8-11(3)12(4)10-14;4*1-2/h6-10H,2,5H2,1,3-4H3;4*1-2H3/b13-7+;;;;. The highest BCUT2D eigenvalue weighted by molar-refractivity contribution is 5.73. The Morgan fingerprint density at radius 2 is 1.32 bits per heavy atom. The van der Waals surface area contributed by atoms with Crippen LogP contribution in [0.2, 0.25) is 0 Å². The van der Waals surface area contributed by atoms with Crippen LogP contribution in [-0.2, 0) is 0 Å². The third kappa shape index (κ3) is 13.7. The van der Waals surface area contributed by atoms with Gasteiger partial charge in [-0.15, -0.1) is 0 Å². The van der Waals surface area contributed by atoms with Gasteiger partial charge in [-0.25, -0.2) is 0 Å². The van der Waals surface area contributed by atoms with Crippen LogP contribution in [-0.4, -0.2) is 0 Å². The lowest BCUT2D eigenvalue weighted by molar-refractivity contribution is 1.22. The van der Waals surface area contributed by atoms with E-state index in [0.717, 1.165) is 6.42 Å². The highest BCUT2D eigenvalue weighted by Gasteiger charge is 1.98. The predicted octanol–water partition coefficient (Wildman–Crippen LogP) is 8.39. The fourth-order valence-electron chi connectivity index (χ4n) is 1.46. The van der Waals surface area contributed by atoms with Gasteiger partial charge in [0.15, 0.2) is 0 Å². The molecule has 0 fully saturated rings. The summed E-state index contributed by atoms with van der Waals surface area (Å²) < 4.78 is 0. The molecule has 0 atom stereocenters. The first-order valence-corrected chi connectivity index (χ1v) is 9.09. The molecule has 0 saturated heterocycles. The molecule has 0 N–H and O–H groups in total. The highest BCUT2D eigenvalue weighted by Crippen LogP contribution is 2.19. The molecule has 1 aromatic carbocycles. The monoisotopic (exact) mass is 306 g/mol. The third-order valence-corrected chi connectivity index (χ3v) is 2.48. The highest BCUT2D eigenvalue weighted by atomic mass is 14.0. The number of benzene rings is 1. The maximum absolute atomic E-state index is 3.84. The van der Waals surface area contributed by atoms with Gasteiger partial charge in [0.05, 0.1) is 0 Å². The molecule has 1 rings (SSSR count). The maximum atomic E-state index is 3.84. The van der Waals surface area contributed by atoms with E-state index < -0.39 is 0 Å². The Bertz CT molecular complexity index is 356. The lowest BCUT2D eigenvalue weighted by Crippen LogP contribution is -1.85. The largest absolute Gasteiger partial charge is 0.0985 e. The van der Waals surface area contributed by atoms with Crippen molar-refractivity contribution in [3.8, 4) is 0 Å². The second-order valence-electron chi connectivity index (χ2n) is 3.57. The van der Waals surface area contributed by atoms with Gasteiger partial charge in [0.2, 0.25) is 0 Å². The van der Waals surface area contributed by atoms with E-state index in [1.54, 1.807) is 0 Å². The van der Waals surface area contributed by atoms with Gasteiger partial charge in [-0.3, -0.25) is 0 Å². The molecule has 0 unspecified atom stereocenters. The third-order valence-electron chi connectivity index (χ3n) is 2.48. The quantitative estimate of drug-likeness (QED) is 0.492. The molecule has 0 nitrogen and oxygen atoms in total. The molecule has 1 aromatic rings. The zero-order chi connectivity index (χ0) is 18.6. The average Bonchev–Trinajstić information content (AvgIpc) is 2.62. The predicted molar refractivity (Wildman–Crippen MR) is 110 cm³/mol. The minimum Gasteiger partial charge on any atom is -0.0985 e. The Hall–Kier alpha value is -1.30. The Morgan fingerprint density at radius 1 is 0.864 bits per heavy atom. The molecule has 0 aliphatic heterocycles. The van der Waals surface area contributed by atoms with Crippen LogP contribution >= 0.6 is 0 Å². The Morgan fingerprint density at radius 3 is 1.64 bits per heavy atom. The van der Waals surface area contributed by atoms with Crippen LogP contribution < -0.4 is 0 Å². The lowest BCUT2D eigenvalue weighted by Gasteiger charge is -2.05. The van der Waals surface area contributed by atoms with Gasteiger partial charge in [0.25, 0.3) is 0 Å². The summed E-state index contributed by atoms with van der Waals surface area (Å²) in [6.07, 6.45) is 5.18. The minimum atomic E-state index is 1.05. The van der Waals surface area contributed by atoms with Crippen LogP contribution in [0.25, 0.3) is 5.57 Å². The first-order valence-electron chi connectivity index (χ1n) is 9.09. The lowest BCUT2D eigenvalue weighted by atomic mass is 10.00. The fraction of sp³-hybridized carbons (Fsp3) is 0.545. The maximum Gasteiger partial charge on any atom is -0.0185 e. The van der Waals surface area contributed by atoms with Crippen LogP contribution in [0.1, 0.15) is 85.4 Å². The first-order chi connectivity index (χ1) is 10.7. The van der Waals surface area contributed by atoms with Crippen molar-refractivity contribution in [1.82, 2.24) is 0 Å². The van der Waals surface area contributed by atoms with E-state index >= 15 is 0 Å². The number of aryl methyl sites for hydroxylation is 2. The van der Waals surface area contributed by atoms with E-state index in [9.17, 15) is 0 Å². The summed E-state index contributed by atoms with van der Waals surface area (Å²) in [6.45, 7) is 26.3. The summed E-state index contributed by atoms with van der Waals surface area (Å²) in [5.74, 6) is 0. The summed E-state index contributed by atoms with van der Waals surface area (Å²) >= 11 is 0. The molecule has 22 heavy (non-hydrogen) atoms.